The van der Waals surface area contributed by atoms with Crippen molar-refractivity contribution in [1.29, 1.82) is 0 Å². The molecule has 28 heavy (non-hydrogen) atoms. The maximum absolute atomic E-state index is 15.1. The van der Waals surface area contributed by atoms with Crippen molar-refractivity contribution >= 4 is 39.1 Å². The molecule has 0 saturated heterocycles. The normalized spacial score (nSPS) is 11.5. The SMILES string of the molecule is O=C(O)NCCc1cn(S(=O)(=O)c2ccc(Cl)s2)c(-c2cccnc2F)c1F. The van der Waals surface area contributed by atoms with E-state index in [0.29, 0.717) is 3.97 Å². The molecule has 0 radical (unpaired) electrons. The molecule has 0 atom stereocenters. The average Bonchev–Trinajstić information content (AvgIpc) is 3.20. The molecule has 0 saturated carbocycles. The van der Waals surface area contributed by atoms with Crippen molar-refractivity contribution in [3.05, 3.63) is 58.3 Å². The maximum atomic E-state index is 15.1. The highest BCUT2D eigenvalue weighted by Gasteiger charge is 2.29. The summed E-state index contributed by atoms with van der Waals surface area (Å²) < 4.78 is 55.9. The Kier molecular flexibility index (Phi) is 5.68. The molecule has 3 aromatic heterocycles. The Bertz CT molecular complexity index is 1140. The molecular weight excluding hydrogens is 436 g/mol. The topological polar surface area (TPSA) is 101 Å². The van der Waals surface area contributed by atoms with E-state index < -0.39 is 33.6 Å². The van der Waals surface area contributed by atoms with Crippen molar-refractivity contribution in [1.82, 2.24) is 14.3 Å². The number of thiophene rings is 1. The van der Waals surface area contributed by atoms with Crippen LogP contribution in [-0.4, -0.2) is 35.1 Å². The summed E-state index contributed by atoms with van der Waals surface area (Å²) in [5, 5.41) is 10.7. The molecule has 0 aliphatic heterocycles. The van der Waals surface area contributed by atoms with E-state index in [2.05, 4.69) is 10.3 Å². The lowest BCUT2D eigenvalue weighted by Gasteiger charge is -2.09. The highest BCUT2D eigenvalue weighted by atomic mass is 35.5. The molecule has 0 unspecified atom stereocenters. The highest BCUT2D eigenvalue weighted by molar-refractivity contribution is 7.92. The van der Waals surface area contributed by atoms with Gasteiger partial charge < -0.3 is 10.4 Å². The number of hydrogen-bond donors (Lipinski definition) is 2. The predicted molar refractivity (Wildman–Crippen MR) is 99.2 cm³/mol. The van der Waals surface area contributed by atoms with Gasteiger partial charge in [0.05, 0.1) is 9.90 Å². The van der Waals surface area contributed by atoms with Gasteiger partial charge in [0, 0.05) is 24.5 Å². The summed E-state index contributed by atoms with van der Waals surface area (Å²) in [7, 11) is -4.28. The standard InChI is InChI=1S/C16H12ClF2N3O4S2/c17-11-3-4-12(27-11)28(25,26)22-8-9(5-7-21-16(23)24)13(18)14(22)10-2-1-6-20-15(10)19/h1-4,6,8,21H,5,7H2,(H,23,24). The molecule has 0 aliphatic rings. The predicted octanol–water partition coefficient (Wildman–Crippen LogP) is 3.59. The van der Waals surface area contributed by atoms with E-state index >= 15 is 4.39 Å². The van der Waals surface area contributed by atoms with E-state index in [1.807, 2.05) is 0 Å². The van der Waals surface area contributed by atoms with Gasteiger partial charge in [0.1, 0.15) is 9.90 Å². The Hall–Kier alpha value is -2.50. The lowest BCUT2D eigenvalue weighted by atomic mass is 10.1. The van der Waals surface area contributed by atoms with E-state index in [9.17, 15) is 17.6 Å². The van der Waals surface area contributed by atoms with E-state index in [-0.39, 0.29) is 32.6 Å². The molecule has 3 rings (SSSR count). The Labute approximate surface area is 167 Å². The van der Waals surface area contributed by atoms with Crippen LogP contribution in [0.1, 0.15) is 5.56 Å². The van der Waals surface area contributed by atoms with Crippen molar-refractivity contribution in [2.75, 3.05) is 6.54 Å². The molecule has 0 spiro atoms. The Morgan fingerprint density at radius 2 is 2.07 bits per heavy atom. The molecule has 3 heterocycles. The van der Waals surface area contributed by atoms with Crippen molar-refractivity contribution in [2.24, 2.45) is 0 Å². The van der Waals surface area contributed by atoms with Crippen molar-refractivity contribution in [3.63, 3.8) is 0 Å². The summed E-state index contributed by atoms with van der Waals surface area (Å²) >= 11 is 6.58. The number of halogens is 3. The fourth-order valence-corrected chi connectivity index (χ4v) is 5.48. The second kappa shape index (κ2) is 7.86. The number of pyridine rings is 1. The summed E-state index contributed by atoms with van der Waals surface area (Å²) in [4.78, 5) is 14.0. The monoisotopic (exact) mass is 447 g/mol. The quantitative estimate of drug-likeness (QED) is 0.562. The van der Waals surface area contributed by atoms with Crippen LogP contribution in [0.3, 0.4) is 0 Å². The van der Waals surface area contributed by atoms with Gasteiger partial charge in [-0.1, -0.05) is 11.6 Å². The van der Waals surface area contributed by atoms with Gasteiger partial charge in [0.2, 0.25) is 5.95 Å². The third kappa shape index (κ3) is 3.86. The first-order chi connectivity index (χ1) is 13.2. The van der Waals surface area contributed by atoms with Gasteiger partial charge in [0.25, 0.3) is 10.0 Å². The first-order valence-electron chi connectivity index (χ1n) is 7.70. The fourth-order valence-electron chi connectivity index (χ4n) is 2.51. The summed E-state index contributed by atoms with van der Waals surface area (Å²) in [6.45, 7) is -0.157. The van der Waals surface area contributed by atoms with Gasteiger partial charge in [-0.25, -0.2) is 18.1 Å². The van der Waals surface area contributed by atoms with Gasteiger partial charge in [-0.2, -0.15) is 12.8 Å². The third-order valence-corrected chi connectivity index (χ3v) is 7.09. The van der Waals surface area contributed by atoms with Crippen LogP contribution < -0.4 is 5.32 Å². The summed E-state index contributed by atoms with van der Waals surface area (Å²) in [5.74, 6) is -2.03. The minimum absolute atomic E-state index is 0.0989. The molecule has 148 valence electrons. The molecule has 0 aromatic carbocycles. The zero-order valence-electron chi connectivity index (χ0n) is 13.9. The maximum Gasteiger partial charge on any atom is 0.404 e. The minimum atomic E-state index is -4.28. The average molecular weight is 448 g/mol. The number of nitrogens with zero attached hydrogens (tertiary/aromatic N) is 2. The lowest BCUT2D eigenvalue weighted by molar-refractivity contribution is 0.194. The van der Waals surface area contributed by atoms with E-state index in [0.717, 1.165) is 23.7 Å². The summed E-state index contributed by atoms with van der Waals surface area (Å²) in [5.41, 5.74) is -0.970. The molecular formula is C16H12ClF2N3O4S2. The second-order valence-corrected chi connectivity index (χ2v) is 9.26. The third-order valence-electron chi connectivity index (χ3n) is 3.73. The van der Waals surface area contributed by atoms with Crippen LogP contribution in [0.4, 0.5) is 13.6 Å². The molecule has 0 fully saturated rings. The smallest absolute Gasteiger partial charge is 0.404 e. The zero-order chi connectivity index (χ0) is 20.5. The van der Waals surface area contributed by atoms with Crippen molar-refractivity contribution in [2.45, 2.75) is 10.6 Å². The highest BCUT2D eigenvalue weighted by Crippen LogP contribution is 2.34. The molecule has 2 N–H and O–H groups in total. The first-order valence-corrected chi connectivity index (χ1v) is 10.3. The van der Waals surface area contributed by atoms with Gasteiger partial charge in [-0.05, 0) is 30.7 Å². The number of rotatable bonds is 6. The van der Waals surface area contributed by atoms with Crippen LogP contribution in [0.15, 0.2) is 40.9 Å². The first kappa shape index (κ1) is 20.2. The van der Waals surface area contributed by atoms with Crippen molar-refractivity contribution in [3.8, 4) is 11.3 Å². The minimum Gasteiger partial charge on any atom is -0.465 e. The van der Waals surface area contributed by atoms with Crippen molar-refractivity contribution < 1.29 is 27.1 Å². The zero-order valence-corrected chi connectivity index (χ0v) is 16.3. The van der Waals surface area contributed by atoms with Crippen LogP contribution in [0, 0.1) is 11.8 Å². The Morgan fingerprint density at radius 1 is 1.32 bits per heavy atom. The van der Waals surface area contributed by atoms with Gasteiger partial charge in [0.15, 0.2) is 5.82 Å². The number of amides is 1. The second-order valence-electron chi connectivity index (χ2n) is 5.50. The largest absolute Gasteiger partial charge is 0.465 e. The molecule has 1 amide bonds. The molecule has 3 aromatic rings. The van der Waals surface area contributed by atoms with Gasteiger partial charge >= 0.3 is 6.09 Å². The Morgan fingerprint density at radius 3 is 2.68 bits per heavy atom. The molecule has 0 bridgehead atoms. The molecule has 12 heteroatoms. The number of carboxylic acid groups (broad SMARTS) is 1. The van der Waals surface area contributed by atoms with Crippen LogP contribution in [-0.2, 0) is 16.4 Å². The molecule has 7 nitrogen and oxygen atoms in total. The summed E-state index contributed by atoms with van der Waals surface area (Å²) in [6.07, 6.45) is 0.707. The van der Waals surface area contributed by atoms with Gasteiger partial charge in [-0.3, -0.25) is 0 Å². The van der Waals surface area contributed by atoms with E-state index in [1.54, 1.807) is 0 Å². The number of nitrogens with one attached hydrogen (secondary N) is 1. The van der Waals surface area contributed by atoms with Crippen LogP contribution >= 0.6 is 22.9 Å². The fraction of sp³-hybridized carbons (Fsp3) is 0.125. The van der Waals surface area contributed by atoms with E-state index in [1.165, 1.54) is 24.3 Å². The van der Waals surface area contributed by atoms with Crippen LogP contribution in [0.5, 0.6) is 0 Å². The number of carbonyl (C=O) groups is 1. The molecule has 0 aliphatic carbocycles. The number of hydrogen-bond acceptors (Lipinski definition) is 5. The summed E-state index contributed by atoms with van der Waals surface area (Å²) in [6, 6.07) is 5.18. The van der Waals surface area contributed by atoms with Gasteiger partial charge in [-0.15, -0.1) is 11.3 Å². The van der Waals surface area contributed by atoms with Crippen LogP contribution in [0.25, 0.3) is 11.3 Å². The Balaban J connectivity index is 2.17. The number of aromatic nitrogens is 2. The van der Waals surface area contributed by atoms with E-state index in [4.69, 9.17) is 16.7 Å². The lowest BCUT2D eigenvalue weighted by Crippen LogP contribution is -2.23. The van der Waals surface area contributed by atoms with Crippen LogP contribution in [0.2, 0.25) is 4.34 Å².